The summed E-state index contributed by atoms with van der Waals surface area (Å²) in [5.41, 5.74) is 0. The van der Waals surface area contributed by atoms with E-state index in [4.69, 9.17) is 4.99 Å². The zero-order chi connectivity index (χ0) is 12.3. The van der Waals surface area contributed by atoms with Crippen LogP contribution in [-0.2, 0) is 0 Å². The highest BCUT2D eigenvalue weighted by Crippen LogP contribution is 2.23. The van der Waals surface area contributed by atoms with Crippen LogP contribution in [0, 0.1) is 5.92 Å². The maximum atomic E-state index is 4.78. The molecule has 1 saturated heterocycles. The second kappa shape index (κ2) is 6.10. The van der Waals surface area contributed by atoms with Crippen molar-refractivity contribution in [2.24, 2.45) is 10.9 Å². The molecular formula is C13H25N3S. The highest BCUT2D eigenvalue weighted by molar-refractivity contribution is 8.14. The Bertz CT molecular complexity index is 278. The summed E-state index contributed by atoms with van der Waals surface area (Å²) in [6.45, 7) is 10.4. The molecule has 0 aromatic carbocycles. The average molecular weight is 255 g/mol. The standard InChI is InChI=1S/C13H25N3S/c1-4-16-7-5-6-11(8-16)14-13-15-12(9-17-13)10(2)3/h10-12H,4-9H2,1-3H3,(H,14,15). The average Bonchev–Trinajstić information content (AvgIpc) is 2.78. The van der Waals surface area contributed by atoms with Crippen LogP contribution in [0.1, 0.15) is 33.6 Å². The monoisotopic (exact) mass is 255 g/mol. The minimum absolute atomic E-state index is 0.522. The number of nitrogens with zero attached hydrogens (tertiary/aromatic N) is 2. The van der Waals surface area contributed by atoms with Crippen LogP contribution in [0.3, 0.4) is 0 Å². The molecule has 0 amide bonds. The van der Waals surface area contributed by atoms with Gasteiger partial charge in [-0.05, 0) is 31.8 Å². The van der Waals surface area contributed by atoms with Gasteiger partial charge in [0.25, 0.3) is 0 Å². The molecule has 2 heterocycles. The number of amidine groups is 1. The second-order valence-electron chi connectivity index (χ2n) is 5.43. The lowest BCUT2D eigenvalue weighted by molar-refractivity contribution is 0.210. The summed E-state index contributed by atoms with van der Waals surface area (Å²) in [5.74, 6) is 1.82. The van der Waals surface area contributed by atoms with Crippen molar-refractivity contribution >= 4 is 16.9 Å². The molecule has 1 N–H and O–H groups in total. The molecule has 98 valence electrons. The lowest BCUT2D eigenvalue weighted by Crippen LogP contribution is -2.46. The van der Waals surface area contributed by atoms with E-state index >= 15 is 0 Å². The fraction of sp³-hybridized carbons (Fsp3) is 0.923. The SMILES string of the molecule is CCN1CCCC(NC2=NC(C(C)C)CS2)C1. The Morgan fingerprint density at radius 1 is 1.53 bits per heavy atom. The molecule has 0 saturated carbocycles. The Morgan fingerprint density at radius 3 is 3.00 bits per heavy atom. The van der Waals surface area contributed by atoms with Crippen LogP contribution < -0.4 is 5.32 Å². The minimum Gasteiger partial charge on any atom is -0.361 e. The van der Waals surface area contributed by atoms with E-state index in [9.17, 15) is 0 Å². The number of aliphatic imine (C=N–C) groups is 1. The van der Waals surface area contributed by atoms with Gasteiger partial charge >= 0.3 is 0 Å². The number of hydrogen-bond donors (Lipinski definition) is 1. The molecule has 4 heteroatoms. The Labute approximate surface area is 109 Å². The van der Waals surface area contributed by atoms with E-state index in [0.29, 0.717) is 18.0 Å². The number of piperidine rings is 1. The van der Waals surface area contributed by atoms with E-state index in [0.717, 1.165) is 5.75 Å². The predicted octanol–water partition coefficient (Wildman–Crippen LogP) is 2.19. The van der Waals surface area contributed by atoms with Crippen molar-refractivity contribution in [3.8, 4) is 0 Å². The number of likely N-dealkylation sites (N-methyl/N-ethyl adjacent to an activating group) is 1. The highest BCUT2D eigenvalue weighted by Gasteiger charge is 2.24. The number of nitrogens with one attached hydrogen (secondary N) is 1. The molecule has 17 heavy (non-hydrogen) atoms. The Morgan fingerprint density at radius 2 is 2.35 bits per heavy atom. The molecule has 0 radical (unpaired) electrons. The molecule has 2 rings (SSSR count). The fourth-order valence-electron chi connectivity index (χ4n) is 2.45. The smallest absolute Gasteiger partial charge is 0.157 e. The van der Waals surface area contributed by atoms with E-state index in [1.165, 1.54) is 37.6 Å². The fourth-order valence-corrected chi connectivity index (χ4v) is 3.69. The predicted molar refractivity (Wildman–Crippen MR) is 76.8 cm³/mol. The highest BCUT2D eigenvalue weighted by atomic mass is 32.2. The first-order valence-corrected chi connectivity index (χ1v) is 7.87. The topological polar surface area (TPSA) is 27.6 Å². The summed E-state index contributed by atoms with van der Waals surface area (Å²) in [4.78, 5) is 7.31. The van der Waals surface area contributed by atoms with Crippen LogP contribution in [0.2, 0.25) is 0 Å². The summed E-state index contributed by atoms with van der Waals surface area (Å²) >= 11 is 1.90. The first kappa shape index (κ1) is 13.2. The number of hydrogen-bond acceptors (Lipinski definition) is 4. The summed E-state index contributed by atoms with van der Waals surface area (Å²) in [6, 6.07) is 1.13. The number of rotatable bonds is 3. The van der Waals surface area contributed by atoms with E-state index in [1.54, 1.807) is 0 Å². The van der Waals surface area contributed by atoms with E-state index in [1.807, 2.05) is 11.8 Å². The summed E-state index contributed by atoms with van der Waals surface area (Å²) < 4.78 is 0. The van der Waals surface area contributed by atoms with Gasteiger partial charge < -0.3 is 10.2 Å². The number of likely N-dealkylation sites (tertiary alicyclic amines) is 1. The van der Waals surface area contributed by atoms with Crippen molar-refractivity contribution in [2.75, 3.05) is 25.4 Å². The molecule has 2 atom stereocenters. The quantitative estimate of drug-likeness (QED) is 0.838. The summed E-state index contributed by atoms with van der Waals surface area (Å²) in [5, 5.41) is 4.82. The Balaban J connectivity index is 1.83. The maximum Gasteiger partial charge on any atom is 0.157 e. The zero-order valence-corrected chi connectivity index (χ0v) is 12.1. The van der Waals surface area contributed by atoms with Crippen LogP contribution in [0.15, 0.2) is 4.99 Å². The van der Waals surface area contributed by atoms with Gasteiger partial charge in [-0.1, -0.05) is 32.5 Å². The molecule has 0 bridgehead atoms. The van der Waals surface area contributed by atoms with Gasteiger partial charge in [0.1, 0.15) is 0 Å². The molecule has 2 unspecified atom stereocenters. The third kappa shape index (κ3) is 3.62. The Hall–Kier alpha value is -0.220. The molecule has 1 fully saturated rings. The van der Waals surface area contributed by atoms with Crippen LogP contribution in [0.25, 0.3) is 0 Å². The normalized spacial score (nSPS) is 30.7. The van der Waals surface area contributed by atoms with Gasteiger partial charge in [-0.3, -0.25) is 4.99 Å². The van der Waals surface area contributed by atoms with Crippen molar-refractivity contribution in [1.82, 2.24) is 10.2 Å². The van der Waals surface area contributed by atoms with Gasteiger partial charge in [0.15, 0.2) is 5.17 Å². The third-order valence-corrected chi connectivity index (χ3v) is 4.73. The van der Waals surface area contributed by atoms with Gasteiger partial charge in [0, 0.05) is 18.3 Å². The number of thioether (sulfide) groups is 1. The summed E-state index contributed by atoms with van der Waals surface area (Å²) in [7, 11) is 0. The molecule has 0 aliphatic carbocycles. The van der Waals surface area contributed by atoms with Crippen molar-refractivity contribution in [2.45, 2.75) is 45.7 Å². The first-order chi connectivity index (χ1) is 8.19. The van der Waals surface area contributed by atoms with Gasteiger partial charge in [-0.15, -0.1) is 0 Å². The van der Waals surface area contributed by atoms with Crippen molar-refractivity contribution in [3.63, 3.8) is 0 Å². The summed E-state index contributed by atoms with van der Waals surface area (Å²) in [6.07, 6.45) is 2.61. The lowest BCUT2D eigenvalue weighted by atomic mass is 10.1. The van der Waals surface area contributed by atoms with E-state index in [-0.39, 0.29) is 0 Å². The van der Waals surface area contributed by atoms with Crippen LogP contribution in [0.4, 0.5) is 0 Å². The van der Waals surface area contributed by atoms with Crippen LogP contribution >= 0.6 is 11.8 Å². The lowest BCUT2D eigenvalue weighted by Gasteiger charge is -2.32. The molecule has 0 aromatic heterocycles. The zero-order valence-electron chi connectivity index (χ0n) is 11.3. The molecule has 2 aliphatic heterocycles. The van der Waals surface area contributed by atoms with E-state index in [2.05, 4.69) is 31.0 Å². The molecule has 0 aromatic rings. The van der Waals surface area contributed by atoms with Crippen LogP contribution in [0.5, 0.6) is 0 Å². The van der Waals surface area contributed by atoms with Gasteiger partial charge in [0.2, 0.25) is 0 Å². The van der Waals surface area contributed by atoms with Crippen molar-refractivity contribution in [1.29, 1.82) is 0 Å². The molecule has 0 spiro atoms. The van der Waals surface area contributed by atoms with Crippen LogP contribution in [-0.4, -0.2) is 47.5 Å². The van der Waals surface area contributed by atoms with Gasteiger partial charge in [-0.25, -0.2) is 0 Å². The van der Waals surface area contributed by atoms with Gasteiger partial charge in [0.05, 0.1) is 6.04 Å². The molecule has 3 nitrogen and oxygen atoms in total. The van der Waals surface area contributed by atoms with E-state index < -0.39 is 0 Å². The largest absolute Gasteiger partial charge is 0.361 e. The minimum atomic E-state index is 0.522. The van der Waals surface area contributed by atoms with Gasteiger partial charge in [-0.2, -0.15) is 0 Å². The third-order valence-electron chi connectivity index (χ3n) is 3.72. The first-order valence-electron chi connectivity index (χ1n) is 6.88. The molecular weight excluding hydrogens is 230 g/mol. The van der Waals surface area contributed by atoms with Crippen molar-refractivity contribution in [3.05, 3.63) is 0 Å². The Kier molecular flexibility index (Phi) is 4.74. The second-order valence-corrected chi connectivity index (χ2v) is 6.44. The molecule has 2 aliphatic rings. The maximum absolute atomic E-state index is 4.78. The van der Waals surface area contributed by atoms with Crippen molar-refractivity contribution < 1.29 is 0 Å².